The number of ether oxygens (including phenoxy) is 1. The highest BCUT2D eigenvalue weighted by molar-refractivity contribution is 5.27. The molecule has 19 heavy (non-hydrogen) atoms. The molecule has 0 heterocycles. The molecule has 0 saturated carbocycles. The molecule has 0 saturated heterocycles. The van der Waals surface area contributed by atoms with Crippen LogP contribution in [-0.2, 0) is 6.42 Å². The summed E-state index contributed by atoms with van der Waals surface area (Å²) >= 11 is 0. The van der Waals surface area contributed by atoms with E-state index in [1.54, 1.807) is 0 Å². The van der Waals surface area contributed by atoms with Crippen LogP contribution < -0.4 is 4.74 Å². The normalized spacial score (nSPS) is 12.5. The van der Waals surface area contributed by atoms with Crippen LogP contribution in [0, 0.1) is 0 Å². The van der Waals surface area contributed by atoms with Gasteiger partial charge in [-0.05, 0) is 30.5 Å². The molecule has 0 amide bonds. The quantitative estimate of drug-likeness (QED) is 0.529. The third kappa shape index (κ3) is 4.69. The van der Waals surface area contributed by atoms with Crippen LogP contribution >= 0.6 is 0 Å². The van der Waals surface area contributed by atoms with Gasteiger partial charge >= 0.3 is 12.3 Å². The zero-order valence-corrected chi connectivity index (χ0v) is 10.4. The second kappa shape index (κ2) is 6.21. The molecule has 0 fully saturated rings. The van der Waals surface area contributed by atoms with Crippen LogP contribution in [0.3, 0.4) is 0 Å². The topological polar surface area (TPSA) is 9.23 Å². The maximum absolute atomic E-state index is 12.6. The average molecular weight is 282 g/mol. The predicted octanol–water partition coefficient (Wildman–Crippen LogP) is 4.95. The third-order valence-electron chi connectivity index (χ3n) is 2.57. The molecule has 1 aromatic carbocycles. The number of aryl methyl sites for hydroxylation is 1. The minimum absolute atomic E-state index is 0.499. The van der Waals surface area contributed by atoms with Crippen LogP contribution in [0.15, 0.2) is 24.3 Å². The largest absolute Gasteiger partial charge is 0.499 e. The van der Waals surface area contributed by atoms with Crippen molar-refractivity contribution in [1.82, 2.24) is 0 Å². The van der Waals surface area contributed by atoms with E-state index in [-0.39, 0.29) is 0 Å². The summed E-state index contributed by atoms with van der Waals surface area (Å²) in [6.07, 6.45) is -7.06. The number of alkyl halides is 5. The van der Waals surface area contributed by atoms with Crippen molar-refractivity contribution in [3.8, 4) is 5.75 Å². The fourth-order valence-electron chi connectivity index (χ4n) is 1.51. The van der Waals surface area contributed by atoms with Gasteiger partial charge in [0.2, 0.25) is 0 Å². The Hall–Kier alpha value is -1.33. The monoisotopic (exact) mass is 282 g/mol. The van der Waals surface area contributed by atoms with E-state index in [9.17, 15) is 22.0 Å². The van der Waals surface area contributed by atoms with Crippen LogP contribution in [0.4, 0.5) is 22.0 Å². The SMILES string of the molecule is CCCCCc1ccc(OC(F)(F)C(F)(F)F)cc1. The highest BCUT2D eigenvalue weighted by Gasteiger charge is 2.61. The number of halogens is 5. The standard InChI is InChI=1S/C13H15F5O/c1-2-3-4-5-10-6-8-11(9-7-10)19-13(17,18)12(14,15)16/h6-9H,2-5H2,1H3. The van der Waals surface area contributed by atoms with Gasteiger partial charge in [0.05, 0.1) is 0 Å². The molecule has 0 bridgehead atoms. The summed E-state index contributed by atoms with van der Waals surface area (Å²) in [5.74, 6) is -0.499. The van der Waals surface area contributed by atoms with Gasteiger partial charge in [-0.2, -0.15) is 22.0 Å². The van der Waals surface area contributed by atoms with E-state index in [0.717, 1.165) is 43.4 Å². The van der Waals surface area contributed by atoms with Crippen molar-refractivity contribution in [2.24, 2.45) is 0 Å². The molecule has 0 aliphatic heterocycles. The second-order valence-electron chi connectivity index (χ2n) is 4.22. The number of hydrogen-bond donors (Lipinski definition) is 0. The molecule has 1 nitrogen and oxygen atoms in total. The van der Waals surface area contributed by atoms with Gasteiger partial charge in [0.15, 0.2) is 0 Å². The first-order valence-corrected chi connectivity index (χ1v) is 5.99. The number of benzene rings is 1. The molecular formula is C13H15F5O. The number of hydrogen-bond acceptors (Lipinski definition) is 1. The first-order chi connectivity index (χ1) is 8.76. The average Bonchev–Trinajstić information content (AvgIpc) is 2.30. The van der Waals surface area contributed by atoms with E-state index < -0.39 is 18.0 Å². The molecular weight excluding hydrogens is 267 g/mol. The third-order valence-corrected chi connectivity index (χ3v) is 2.57. The summed E-state index contributed by atoms with van der Waals surface area (Å²) in [5, 5.41) is 0. The molecule has 0 aliphatic rings. The lowest BCUT2D eigenvalue weighted by Crippen LogP contribution is -2.41. The number of rotatable bonds is 6. The maximum atomic E-state index is 12.6. The van der Waals surface area contributed by atoms with Crippen molar-refractivity contribution in [2.45, 2.75) is 44.9 Å². The van der Waals surface area contributed by atoms with E-state index in [0.29, 0.717) is 0 Å². The van der Waals surface area contributed by atoms with Gasteiger partial charge in [0.25, 0.3) is 0 Å². The van der Waals surface area contributed by atoms with E-state index in [1.165, 1.54) is 12.1 Å². The number of unbranched alkanes of at least 4 members (excludes halogenated alkanes) is 2. The molecule has 0 aromatic heterocycles. The van der Waals surface area contributed by atoms with Gasteiger partial charge in [-0.15, -0.1) is 0 Å². The summed E-state index contributed by atoms with van der Waals surface area (Å²) < 4.78 is 64.7. The molecule has 6 heteroatoms. The molecule has 0 N–H and O–H groups in total. The molecule has 0 spiro atoms. The zero-order valence-electron chi connectivity index (χ0n) is 10.4. The first kappa shape index (κ1) is 15.7. The smallest absolute Gasteiger partial charge is 0.426 e. The lowest BCUT2D eigenvalue weighted by atomic mass is 10.1. The minimum Gasteiger partial charge on any atom is -0.426 e. The van der Waals surface area contributed by atoms with Crippen LogP contribution in [-0.4, -0.2) is 12.3 Å². The van der Waals surface area contributed by atoms with Gasteiger partial charge in [0, 0.05) is 0 Å². The molecule has 0 radical (unpaired) electrons. The molecule has 1 rings (SSSR count). The van der Waals surface area contributed by atoms with Gasteiger partial charge in [-0.25, -0.2) is 0 Å². The van der Waals surface area contributed by atoms with Crippen LogP contribution in [0.5, 0.6) is 5.75 Å². The Balaban J connectivity index is 2.62. The Labute approximate surface area is 108 Å². The van der Waals surface area contributed by atoms with Gasteiger partial charge in [-0.3, -0.25) is 0 Å². The zero-order chi connectivity index (χ0) is 14.5. The highest BCUT2D eigenvalue weighted by atomic mass is 19.4. The Bertz CT molecular complexity index is 383. The van der Waals surface area contributed by atoms with Crippen LogP contribution in [0.2, 0.25) is 0 Å². The minimum atomic E-state index is -5.72. The van der Waals surface area contributed by atoms with Crippen LogP contribution in [0.25, 0.3) is 0 Å². The van der Waals surface area contributed by atoms with Crippen molar-refractivity contribution >= 4 is 0 Å². The highest BCUT2D eigenvalue weighted by Crippen LogP contribution is 2.37. The summed E-state index contributed by atoms with van der Waals surface area (Å²) in [7, 11) is 0. The lowest BCUT2D eigenvalue weighted by Gasteiger charge is -2.20. The Morgan fingerprint density at radius 2 is 1.53 bits per heavy atom. The second-order valence-corrected chi connectivity index (χ2v) is 4.22. The summed E-state index contributed by atoms with van der Waals surface area (Å²) in [6, 6.07) is 5.25. The molecule has 0 unspecified atom stereocenters. The van der Waals surface area contributed by atoms with Crippen molar-refractivity contribution < 1.29 is 26.7 Å². The summed E-state index contributed by atoms with van der Waals surface area (Å²) in [4.78, 5) is 0. The van der Waals surface area contributed by atoms with E-state index >= 15 is 0 Å². The first-order valence-electron chi connectivity index (χ1n) is 5.99. The van der Waals surface area contributed by atoms with Crippen molar-refractivity contribution in [1.29, 1.82) is 0 Å². The van der Waals surface area contributed by atoms with E-state index in [4.69, 9.17) is 0 Å². The molecule has 108 valence electrons. The van der Waals surface area contributed by atoms with Gasteiger partial charge in [0.1, 0.15) is 5.75 Å². The maximum Gasteiger partial charge on any atom is 0.499 e. The van der Waals surface area contributed by atoms with E-state index in [2.05, 4.69) is 11.7 Å². The Morgan fingerprint density at radius 3 is 2.00 bits per heavy atom. The Kier molecular flexibility index (Phi) is 5.14. The fourth-order valence-corrected chi connectivity index (χ4v) is 1.51. The fraction of sp³-hybridized carbons (Fsp3) is 0.538. The summed E-state index contributed by atoms with van der Waals surface area (Å²) in [5.41, 5.74) is 0.885. The molecule has 1 aromatic rings. The van der Waals surface area contributed by atoms with Crippen LogP contribution in [0.1, 0.15) is 31.7 Å². The van der Waals surface area contributed by atoms with Crippen molar-refractivity contribution in [3.05, 3.63) is 29.8 Å². The van der Waals surface area contributed by atoms with E-state index in [1.807, 2.05) is 0 Å². The van der Waals surface area contributed by atoms with Crippen molar-refractivity contribution in [3.63, 3.8) is 0 Å². The predicted molar refractivity (Wildman–Crippen MR) is 61.3 cm³/mol. The summed E-state index contributed by atoms with van der Waals surface area (Å²) in [6.45, 7) is 2.05. The molecule has 0 atom stereocenters. The lowest BCUT2D eigenvalue weighted by molar-refractivity contribution is -0.360. The molecule has 0 aliphatic carbocycles. The van der Waals surface area contributed by atoms with Gasteiger partial charge < -0.3 is 4.74 Å². The Morgan fingerprint density at radius 1 is 0.947 bits per heavy atom. The van der Waals surface area contributed by atoms with Gasteiger partial charge in [-0.1, -0.05) is 31.9 Å². The van der Waals surface area contributed by atoms with Crippen molar-refractivity contribution in [2.75, 3.05) is 0 Å².